The van der Waals surface area contributed by atoms with Crippen LogP contribution in [0.3, 0.4) is 0 Å². The van der Waals surface area contributed by atoms with E-state index in [1.54, 1.807) is 11.7 Å². The minimum absolute atomic E-state index is 0.113. The zero-order valence-corrected chi connectivity index (χ0v) is 12.6. The Balaban J connectivity index is 2.23. The maximum atomic E-state index is 11.3. The zero-order valence-electron chi connectivity index (χ0n) is 12.6. The van der Waals surface area contributed by atoms with Crippen molar-refractivity contribution in [1.82, 2.24) is 14.7 Å². The minimum atomic E-state index is -0.342. The lowest BCUT2D eigenvalue weighted by Crippen LogP contribution is -2.49. The molecule has 1 aliphatic heterocycles. The molecule has 1 aliphatic rings. The fourth-order valence-corrected chi connectivity index (χ4v) is 2.74. The number of hydrogen-bond acceptors (Lipinski definition) is 6. The quantitative estimate of drug-likeness (QED) is 0.605. The van der Waals surface area contributed by atoms with Crippen molar-refractivity contribution in [1.29, 1.82) is 5.26 Å². The Morgan fingerprint density at radius 1 is 1.43 bits per heavy atom. The highest BCUT2D eigenvalue weighted by molar-refractivity contribution is 5.61. The molecular formula is C13H20N6O2. The molecule has 1 aromatic rings. The minimum Gasteiger partial charge on any atom is -0.349 e. The van der Waals surface area contributed by atoms with Gasteiger partial charge in [0, 0.05) is 33.2 Å². The summed E-state index contributed by atoms with van der Waals surface area (Å²) in [5, 5.41) is 24.6. The lowest BCUT2D eigenvalue weighted by molar-refractivity contribution is -0.384. The molecule has 8 heteroatoms. The van der Waals surface area contributed by atoms with Crippen LogP contribution in [0.4, 0.5) is 11.5 Å². The molecule has 0 amide bonds. The fourth-order valence-electron chi connectivity index (χ4n) is 2.74. The monoisotopic (exact) mass is 292 g/mol. The van der Waals surface area contributed by atoms with Crippen LogP contribution < -0.4 is 4.90 Å². The van der Waals surface area contributed by atoms with E-state index >= 15 is 0 Å². The second kappa shape index (κ2) is 6.10. The van der Waals surface area contributed by atoms with Gasteiger partial charge in [-0.25, -0.2) is 4.68 Å². The number of rotatable bonds is 4. The molecule has 1 unspecified atom stereocenters. The summed E-state index contributed by atoms with van der Waals surface area (Å²) in [5.41, 5.74) is 0.632. The highest BCUT2D eigenvalue weighted by atomic mass is 16.6. The molecule has 0 saturated carbocycles. The van der Waals surface area contributed by atoms with Crippen LogP contribution in [0, 0.1) is 21.4 Å². The molecule has 0 N–H and O–H groups in total. The number of piperazine rings is 1. The lowest BCUT2D eigenvalue weighted by Gasteiger charge is -2.36. The molecule has 1 saturated heterocycles. The summed E-state index contributed by atoms with van der Waals surface area (Å²) < 4.78 is 1.60. The number of anilines is 1. The first-order valence-electron chi connectivity index (χ1n) is 7.08. The van der Waals surface area contributed by atoms with Gasteiger partial charge in [0.15, 0.2) is 0 Å². The summed E-state index contributed by atoms with van der Waals surface area (Å²) in [5.74, 6) is 0.570. The molecule has 8 nitrogen and oxygen atoms in total. The van der Waals surface area contributed by atoms with E-state index in [1.165, 1.54) is 0 Å². The summed E-state index contributed by atoms with van der Waals surface area (Å²) in [6.45, 7) is 6.51. The van der Waals surface area contributed by atoms with E-state index in [4.69, 9.17) is 5.26 Å². The topological polar surface area (TPSA) is 91.2 Å². The standard InChI is InChI=1S/C13H20N6O2/c1-4-11-12(19(20)21)13(16(3)15-11)18-7-5-17(6-8-18)10(2)9-14/h10H,4-8H2,1-3H3. The van der Waals surface area contributed by atoms with Gasteiger partial charge >= 0.3 is 5.69 Å². The Kier molecular flexibility index (Phi) is 4.43. The van der Waals surface area contributed by atoms with E-state index < -0.39 is 0 Å². The largest absolute Gasteiger partial charge is 0.349 e. The van der Waals surface area contributed by atoms with Crippen LogP contribution in [0.1, 0.15) is 19.5 Å². The number of hydrogen-bond donors (Lipinski definition) is 0. The SMILES string of the molecule is CCc1nn(C)c(N2CCN(C(C)C#N)CC2)c1[N+](=O)[O-]. The molecule has 1 fully saturated rings. The van der Waals surface area contributed by atoms with Crippen LogP contribution >= 0.6 is 0 Å². The molecule has 0 spiro atoms. The van der Waals surface area contributed by atoms with Crippen molar-refractivity contribution in [2.75, 3.05) is 31.1 Å². The molecule has 0 aromatic carbocycles. The Morgan fingerprint density at radius 2 is 2.05 bits per heavy atom. The first kappa shape index (κ1) is 15.3. The Labute approximate surface area is 123 Å². The fraction of sp³-hybridized carbons (Fsp3) is 0.692. The van der Waals surface area contributed by atoms with E-state index in [1.807, 2.05) is 18.7 Å². The van der Waals surface area contributed by atoms with Crippen molar-refractivity contribution in [2.24, 2.45) is 7.05 Å². The van der Waals surface area contributed by atoms with Gasteiger partial charge in [-0.15, -0.1) is 0 Å². The first-order valence-corrected chi connectivity index (χ1v) is 7.08. The van der Waals surface area contributed by atoms with Gasteiger partial charge in [0.1, 0.15) is 5.69 Å². The lowest BCUT2D eigenvalue weighted by atomic mass is 10.2. The highest BCUT2D eigenvalue weighted by Gasteiger charge is 2.32. The number of nitrogens with zero attached hydrogens (tertiary/aromatic N) is 6. The Bertz CT molecular complexity index is 568. The van der Waals surface area contributed by atoms with Crippen LogP contribution in [-0.2, 0) is 13.5 Å². The molecule has 1 atom stereocenters. The molecule has 114 valence electrons. The molecule has 0 radical (unpaired) electrons. The van der Waals surface area contributed by atoms with E-state index in [0.29, 0.717) is 31.0 Å². The summed E-state index contributed by atoms with van der Waals surface area (Å²) in [6.07, 6.45) is 0.537. The molecule has 0 bridgehead atoms. The summed E-state index contributed by atoms with van der Waals surface area (Å²) in [4.78, 5) is 15.1. The normalized spacial score (nSPS) is 17.5. The number of nitriles is 1. The van der Waals surface area contributed by atoms with Crippen LogP contribution in [0.25, 0.3) is 0 Å². The van der Waals surface area contributed by atoms with Gasteiger partial charge in [0.2, 0.25) is 5.82 Å². The second-order valence-electron chi connectivity index (χ2n) is 5.18. The Morgan fingerprint density at radius 3 is 2.52 bits per heavy atom. The van der Waals surface area contributed by atoms with E-state index in [0.717, 1.165) is 13.1 Å². The van der Waals surface area contributed by atoms with Crippen molar-refractivity contribution in [3.63, 3.8) is 0 Å². The summed E-state index contributed by atoms with van der Waals surface area (Å²) in [6, 6.07) is 2.10. The van der Waals surface area contributed by atoms with Crippen LogP contribution in [0.2, 0.25) is 0 Å². The number of aromatic nitrogens is 2. The third-order valence-electron chi connectivity index (χ3n) is 3.93. The molecule has 21 heavy (non-hydrogen) atoms. The van der Waals surface area contributed by atoms with Gasteiger partial charge in [-0.05, 0) is 13.3 Å². The summed E-state index contributed by atoms with van der Waals surface area (Å²) in [7, 11) is 1.74. The van der Waals surface area contributed by atoms with Crippen molar-refractivity contribution < 1.29 is 4.92 Å². The van der Waals surface area contributed by atoms with E-state index in [2.05, 4.69) is 16.1 Å². The molecule has 2 rings (SSSR count). The zero-order chi connectivity index (χ0) is 15.6. The van der Waals surface area contributed by atoms with Crippen molar-refractivity contribution >= 4 is 11.5 Å². The predicted molar refractivity (Wildman–Crippen MR) is 78.1 cm³/mol. The molecule has 0 aliphatic carbocycles. The van der Waals surface area contributed by atoms with Crippen molar-refractivity contribution in [3.05, 3.63) is 15.8 Å². The Hall–Kier alpha value is -2.14. The van der Waals surface area contributed by atoms with Crippen LogP contribution in [0.5, 0.6) is 0 Å². The first-order chi connectivity index (χ1) is 9.99. The average molecular weight is 292 g/mol. The van der Waals surface area contributed by atoms with Gasteiger partial charge in [0.25, 0.3) is 0 Å². The van der Waals surface area contributed by atoms with Gasteiger partial charge < -0.3 is 4.90 Å². The van der Waals surface area contributed by atoms with Gasteiger partial charge in [-0.1, -0.05) is 6.92 Å². The maximum Gasteiger partial charge on any atom is 0.334 e. The predicted octanol–water partition coefficient (Wildman–Crippen LogP) is 0.925. The van der Waals surface area contributed by atoms with Gasteiger partial charge in [0.05, 0.1) is 17.0 Å². The smallest absolute Gasteiger partial charge is 0.334 e. The third kappa shape index (κ3) is 2.83. The third-order valence-corrected chi connectivity index (χ3v) is 3.93. The molecule has 2 heterocycles. The molecule has 1 aromatic heterocycles. The van der Waals surface area contributed by atoms with Crippen molar-refractivity contribution in [2.45, 2.75) is 26.3 Å². The average Bonchev–Trinajstić information content (AvgIpc) is 2.83. The van der Waals surface area contributed by atoms with Crippen LogP contribution in [-0.4, -0.2) is 51.8 Å². The maximum absolute atomic E-state index is 11.3. The van der Waals surface area contributed by atoms with Crippen molar-refractivity contribution in [3.8, 4) is 6.07 Å². The van der Waals surface area contributed by atoms with E-state index in [-0.39, 0.29) is 16.7 Å². The van der Waals surface area contributed by atoms with Gasteiger partial charge in [-0.2, -0.15) is 10.4 Å². The molecular weight excluding hydrogens is 272 g/mol. The van der Waals surface area contributed by atoms with Crippen LogP contribution in [0.15, 0.2) is 0 Å². The second-order valence-corrected chi connectivity index (χ2v) is 5.18. The number of aryl methyl sites for hydroxylation is 2. The van der Waals surface area contributed by atoms with Gasteiger partial charge in [-0.3, -0.25) is 15.0 Å². The summed E-state index contributed by atoms with van der Waals surface area (Å²) >= 11 is 0. The van der Waals surface area contributed by atoms with E-state index in [9.17, 15) is 10.1 Å². The highest BCUT2D eigenvalue weighted by Crippen LogP contribution is 2.32. The number of nitro groups is 1.